The van der Waals surface area contributed by atoms with Crippen LogP contribution >= 0.6 is 0 Å². The Kier molecular flexibility index (Phi) is 5.15. The Bertz CT molecular complexity index is 458. The van der Waals surface area contributed by atoms with Crippen LogP contribution in [0.4, 0.5) is 17.3 Å². The molecule has 0 saturated heterocycles. The van der Waals surface area contributed by atoms with Crippen molar-refractivity contribution in [2.75, 3.05) is 17.2 Å². The van der Waals surface area contributed by atoms with Crippen LogP contribution in [0, 0.1) is 10.1 Å². The molecule has 1 aromatic rings. The van der Waals surface area contributed by atoms with E-state index in [1.165, 1.54) is 25.3 Å². The second-order valence-electron chi connectivity index (χ2n) is 5.23. The molecule has 20 heavy (non-hydrogen) atoms. The van der Waals surface area contributed by atoms with E-state index < -0.39 is 0 Å². The molecule has 2 rings (SSSR count). The Morgan fingerprint density at radius 3 is 2.75 bits per heavy atom. The highest BCUT2D eigenvalue weighted by molar-refractivity contribution is 5.60. The third-order valence-corrected chi connectivity index (χ3v) is 3.57. The van der Waals surface area contributed by atoms with Gasteiger partial charge in [0.1, 0.15) is 5.82 Å². The van der Waals surface area contributed by atoms with E-state index in [4.69, 9.17) is 0 Å². The Balaban J connectivity index is 2.14. The van der Waals surface area contributed by atoms with Gasteiger partial charge in [0.2, 0.25) is 5.82 Å². The zero-order valence-corrected chi connectivity index (χ0v) is 11.9. The number of aromatic nitrogens is 1. The minimum absolute atomic E-state index is 0.0534. The third-order valence-electron chi connectivity index (χ3n) is 3.57. The summed E-state index contributed by atoms with van der Waals surface area (Å²) < 4.78 is 0. The topological polar surface area (TPSA) is 80.1 Å². The predicted octanol–water partition coefficient (Wildman–Crippen LogP) is 3.56. The molecule has 0 atom stereocenters. The number of nitro groups is 1. The van der Waals surface area contributed by atoms with Crippen LogP contribution in [-0.2, 0) is 0 Å². The van der Waals surface area contributed by atoms with Gasteiger partial charge in [-0.05, 0) is 25.3 Å². The van der Waals surface area contributed by atoms with Gasteiger partial charge in [-0.2, -0.15) is 0 Å². The van der Waals surface area contributed by atoms with Gasteiger partial charge in [0, 0.05) is 18.7 Å². The summed E-state index contributed by atoms with van der Waals surface area (Å²) >= 11 is 0. The Hall–Kier alpha value is -1.85. The van der Waals surface area contributed by atoms with E-state index in [0.717, 1.165) is 25.8 Å². The molecular formula is C14H22N4O2. The fraction of sp³-hybridized carbons (Fsp3) is 0.643. The lowest BCUT2D eigenvalue weighted by Crippen LogP contribution is -2.23. The summed E-state index contributed by atoms with van der Waals surface area (Å²) in [5.74, 6) is 1.08. The SMILES string of the molecule is CCCNc1ccc([N+](=O)[O-])c(NC2CCCCC2)n1. The Labute approximate surface area is 119 Å². The summed E-state index contributed by atoms with van der Waals surface area (Å²) in [7, 11) is 0. The zero-order chi connectivity index (χ0) is 14.4. The normalized spacial score (nSPS) is 15.8. The summed E-state index contributed by atoms with van der Waals surface area (Å²) in [6.45, 7) is 2.88. The van der Waals surface area contributed by atoms with Crippen molar-refractivity contribution in [2.45, 2.75) is 51.5 Å². The predicted molar refractivity (Wildman–Crippen MR) is 80.2 cm³/mol. The van der Waals surface area contributed by atoms with Crippen LogP contribution in [-0.4, -0.2) is 22.5 Å². The number of hydrogen-bond acceptors (Lipinski definition) is 5. The van der Waals surface area contributed by atoms with Crippen LogP contribution in [0.5, 0.6) is 0 Å². The van der Waals surface area contributed by atoms with Gasteiger partial charge in [0.15, 0.2) is 0 Å². The van der Waals surface area contributed by atoms with Crippen LogP contribution < -0.4 is 10.6 Å². The summed E-state index contributed by atoms with van der Waals surface area (Å²) in [6, 6.07) is 3.49. The van der Waals surface area contributed by atoms with Gasteiger partial charge in [0.25, 0.3) is 0 Å². The van der Waals surface area contributed by atoms with Crippen LogP contribution in [0.3, 0.4) is 0 Å². The van der Waals surface area contributed by atoms with E-state index in [1.54, 1.807) is 6.07 Å². The molecule has 0 unspecified atom stereocenters. The highest BCUT2D eigenvalue weighted by atomic mass is 16.6. The minimum atomic E-state index is -0.373. The fourth-order valence-electron chi connectivity index (χ4n) is 2.50. The molecule has 6 heteroatoms. The van der Waals surface area contributed by atoms with Gasteiger partial charge in [-0.1, -0.05) is 26.2 Å². The third kappa shape index (κ3) is 3.82. The summed E-state index contributed by atoms with van der Waals surface area (Å²) in [6.07, 6.45) is 6.73. The molecule has 0 aromatic carbocycles. The van der Waals surface area contributed by atoms with Crippen molar-refractivity contribution in [2.24, 2.45) is 0 Å². The maximum absolute atomic E-state index is 11.1. The lowest BCUT2D eigenvalue weighted by molar-refractivity contribution is -0.384. The quantitative estimate of drug-likeness (QED) is 0.614. The molecule has 1 heterocycles. The van der Waals surface area contributed by atoms with Gasteiger partial charge in [-0.15, -0.1) is 0 Å². The van der Waals surface area contributed by atoms with E-state index in [9.17, 15) is 10.1 Å². The molecule has 0 bridgehead atoms. The molecule has 1 saturated carbocycles. The van der Waals surface area contributed by atoms with Crippen LogP contribution in [0.2, 0.25) is 0 Å². The monoisotopic (exact) mass is 278 g/mol. The molecule has 0 radical (unpaired) electrons. The van der Waals surface area contributed by atoms with E-state index >= 15 is 0 Å². The highest BCUT2D eigenvalue weighted by Crippen LogP contribution is 2.28. The molecular weight excluding hydrogens is 256 g/mol. The van der Waals surface area contributed by atoms with Crippen LogP contribution in [0.1, 0.15) is 45.4 Å². The summed E-state index contributed by atoms with van der Waals surface area (Å²) in [4.78, 5) is 15.1. The summed E-state index contributed by atoms with van der Waals surface area (Å²) in [5, 5.41) is 17.5. The molecule has 2 N–H and O–H groups in total. The number of nitrogens with zero attached hydrogens (tertiary/aromatic N) is 2. The standard InChI is InChI=1S/C14H22N4O2/c1-2-10-15-13-9-8-12(18(19)20)14(17-13)16-11-6-4-3-5-7-11/h8-9,11H,2-7,10H2,1H3,(H2,15,16,17). The van der Waals surface area contributed by atoms with E-state index in [0.29, 0.717) is 17.7 Å². The average Bonchev–Trinajstić information content (AvgIpc) is 2.46. The molecule has 1 fully saturated rings. The Morgan fingerprint density at radius 1 is 1.35 bits per heavy atom. The number of hydrogen-bond donors (Lipinski definition) is 2. The van der Waals surface area contributed by atoms with E-state index in [2.05, 4.69) is 22.5 Å². The first-order valence-corrected chi connectivity index (χ1v) is 7.36. The molecule has 6 nitrogen and oxygen atoms in total. The lowest BCUT2D eigenvalue weighted by Gasteiger charge is -2.23. The maximum Gasteiger partial charge on any atom is 0.311 e. The number of nitrogens with one attached hydrogen (secondary N) is 2. The van der Waals surface area contributed by atoms with Crippen molar-refractivity contribution in [3.63, 3.8) is 0 Å². The average molecular weight is 278 g/mol. The summed E-state index contributed by atoms with van der Waals surface area (Å²) in [5.41, 5.74) is 0.0534. The van der Waals surface area contributed by atoms with Crippen molar-refractivity contribution < 1.29 is 4.92 Å². The van der Waals surface area contributed by atoms with Crippen molar-refractivity contribution in [1.29, 1.82) is 0 Å². The molecule has 1 aliphatic carbocycles. The van der Waals surface area contributed by atoms with Crippen molar-refractivity contribution in [1.82, 2.24) is 4.98 Å². The van der Waals surface area contributed by atoms with Gasteiger partial charge in [0.05, 0.1) is 4.92 Å². The second-order valence-corrected chi connectivity index (χ2v) is 5.23. The smallest absolute Gasteiger partial charge is 0.311 e. The molecule has 0 amide bonds. The Morgan fingerprint density at radius 2 is 2.10 bits per heavy atom. The van der Waals surface area contributed by atoms with Gasteiger partial charge in [-0.3, -0.25) is 10.1 Å². The van der Waals surface area contributed by atoms with Gasteiger partial charge in [-0.25, -0.2) is 4.98 Å². The van der Waals surface area contributed by atoms with Gasteiger partial charge >= 0.3 is 5.69 Å². The first-order valence-electron chi connectivity index (χ1n) is 7.36. The lowest BCUT2D eigenvalue weighted by atomic mass is 9.95. The van der Waals surface area contributed by atoms with Crippen molar-refractivity contribution in [3.05, 3.63) is 22.2 Å². The number of rotatable bonds is 6. The molecule has 0 aliphatic heterocycles. The first-order chi connectivity index (χ1) is 9.70. The maximum atomic E-state index is 11.1. The zero-order valence-electron chi connectivity index (χ0n) is 11.9. The van der Waals surface area contributed by atoms with Gasteiger partial charge < -0.3 is 10.6 Å². The van der Waals surface area contributed by atoms with E-state index in [1.807, 2.05) is 0 Å². The van der Waals surface area contributed by atoms with Crippen molar-refractivity contribution in [3.8, 4) is 0 Å². The fourth-order valence-corrected chi connectivity index (χ4v) is 2.50. The second kappa shape index (κ2) is 7.07. The largest absolute Gasteiger partial charge is 0.370 e. The molecule has 1 aromatic heterocycles. The number of anilines is 2. The first kappa shape index (κ1) is 14.6. The number of pyridine rings is 1. The van der Waals surface area contributed by atoms with E-state index in [-0.39, 0.29) is 10.6 Å². The van der Waals surface area contributed by atoms with Crippen LogP contribution in [0.15, 0.2) is 12.1 Å². The highest BCUT2D eigenvalue weighted by Gasteiger charge is 2.20. The molecule has 110 valence electrons. The van der Waals surface area contributed by atoms with Crippen LogP contribution in [0.25, 0.3) is 0 Å². The molecule has 0 spiro atoms. The van der Waals surface area contributed by atoms with Crippen molar-refractivity contribution >= 4 is 17.3 Å². The minimum Gasteiger partial charge on any atom is -0.370 e. The molecule has 1 aliphatic rings.